The molecule has 0 saturated heterocycles. The van der Waals surface area contributed by atoms with Gasteiger partial charge in [-0.3, -0.25) is 5.41 Å². The molecule has 0 aliphatic rings. The van der Waals surface area contributed by atoms with Gasteiger partial charge in [0.1, 0.15) is 17.9 Å². The van der Waals surface area contributed by atoms with Crippen molar-refractivity contribution in [2.45, 2.75) is 6.10 Å². The van der Waals surface area contributed by atoms with Gasteiger partial charge in [-0.15, -0.1) is 0 Å². The highest BCUT2D eigenvalue weighted by Gasteiger charge is 2.28. The number of hydrogen-bond acceptors (Lipinski definition) is 4. The van der Waals surface area contributed by atoms with Gasteiger partial charge in [-0.2, -0.15) is 5.26 Å². The third kappa shape index (κ3) is 4.45. The summed E-state index contributed by atoms with van der Waals surface area (Å²) < 4.78 is 5.63. The van der Waals surface area contributed by atoms with E-state index in [0.29, 0.717) is 6.54 Å². The van der Waals surface area contributed by atoms with Crippen LogP contribution in [0.25, 0.3) is 0 Å². The van der Waals surface area contributed by atoms with Crippen molar-refractivity contribution in [3.8, 4) is 6.07 Å². The van der Waals surface area contributed by atoms with E-state index in [4.69, 9.17) is 10.1 Å². The fourth-order valence-corrected chi connectivity index (χ4v) is 2.38. The standard InChI is InChI=1S/C19H19N3O/c1-2-23-19(15-9-5-3-6-10-15)17(18(21)13-20)14-22-16-11-7-4-8-12-16/h2-12,17,19,21-22H,1,14H2. The van der Waals surface area contributed by atoms with Crippen molar-refractivity contribution in [3.63, 3.8) is 0 Å². The van der Waals surface area contributed by atoms with Gasteiger partial charge in [0, 0.05) is 12.2 Å². The molecule has 4 heteroatoms. The van der Waals surface area contributed by atoms with Crippen LogP contribution in [0, 0.1) is 22.7 Å². The van der Waals surface area contributed by atoms with Gasteiger partial charge in [0.15, 0.2) is 0 Å². The Labute approximate surface area is 136 Å². The Hall–Kier alpha value is -3.06. The van der Waals surface area contributed by atoms with Crippen LogP contribution in [0.4, 0.5) is 5.69 Å². The van der Waals surface area contributed by atoms with E-state index in [1.807, 2.05) is 66.7 Å². The fraction of sp³-hybridized carbons (Fsp3) is 0.158. The molecule has 4 nitrogen and oxygen atoms in total. The summed E-state index contributed by atoms with van der Waals surface area (Å²) in [6.45, 7) is 4.04. The number of hydrogen-bond donors (Lipinski definition) is 2. The maximum Gasteiger partial charge on any atom is 0.134 e. The molecule has 2 atom stereocenters. The molecular weight excluding hydrogens is 286 g/mol. The van der Waals surface area contributed by atoms with Crippen LogP contribution in [-0.4, -0.2) is 12.3 Å². The highest BCUT2D eigenvalue weighted by molar-refractivity contribution is 5.98. The fourth-order valence-electron chi connectivity index (χ4n) is 2.38. The van der Waals surface area contributed by atoms with Gasteiger partial charge in [0.05, 0.1) is 12.2 Å². The average Bonchev–Trinajstić information content (AvgIpc) is 2.62. The second kappa shape index (κ2) is 8.40. The lowest BCUT2D eigenvalue weighted by Crippen LogP contribution is -2.29. The Balaban J connectivity index is 2.22. The largest absolute Gasteiger partial charge is 0.493 e. The zero-order chi connectivity index (χ0) is 16.5. The molecule has 2 rings (SSSR count). The van der Waals surface area contributed by atoms with Crippen molar-refractivity contribution in [1.82, 2.24) is 0 Å². The predicted octanol–water partition coefficient (Wildman–Crippen LogP) is 4.16. The van der Waals surface area contributed by atoms with E-state index in [1.165, 1.54) is 6.26 Å². The summed E-state index contributed by atoms with van der Waals surface area (Å²) in [5.41, 5.74) is 1.82. The van der Waals surface area contributed by atoms with Gasteiger partial charge < -0.3 is 10.1 Å². The topological polar surface area (TPSA) is 68.9 Å². The molecular formula is C19H19N3O. The Bertz CT molecular complexity index is 677. The molecule has 2 unspecified atom stereocenters. The first-order valence-electron chi connectivity index (χ1n) is 7.35. The van der Waals surface area contributed by atoms with Crippen LogP contribution >= 0.6 is 0 Å². The highest BCUT2D eigenvalue weighted by Crippen LogP contribution is 2.28. The number of anilines is 1. The first kappa shape index (κ1) is 16.3. The second-order valence-electron chi connectivity index (χ2n) is 5.01. The molecule has 0 radical (unpaired) electrons. The van der Waals surface area contributed by atoms with E-state index in [2.05, 4.69) is 11.9 Å². The molecule has 23 heavy (non-hydrogen) atoms. The quantitative estimate of drug-likeness (QED) is 0.568. The van der Waals surface area contributed by atoms with Gasteiger partial charge in [-0.1, -0.05) is 55.1 Å². The van der Waals surface area contributed by atoms with Gasteiger partial charge in [-0.05, 0) is 17.7 Å². The molecule has 0 spiro atoms. The zero-order valence-corrected chi connectivity index (χ0v) is 12.8. The minimum Gasteiger partial charge on any atom is -0.493 e. The summed E-state index contributed by atoms with van der Waals surface area (Å²) in [6.07, 6.45) is 0.926. The maximum absolute atomic E-state index is 9.18. The molecule has 0 fully saturated rings. The lowest BCUT2D eigenvalue weighted by atomic mass is 9.91. The minimum absolute atomic E-state index is 0.0239. The normalized spacial score (nSPS) is 12.5. The number of ether oxygens (including phenoxy) is 1. The molecule has 2 N–H and O–H groups in total. The second-order valence-corrected chi connectivity index (χ2v) is 5.01. The predicted molar refractivity (Wildman–Crippen MR) is 92.2 cm³/mol. The Kier molecular flexibility index (Phi) is 5.96. The number of para-hydroxylation sites is 1. The summed E-state index contributed by atoms with van der Waals surface area (Å²) in [5, 5.41) is 20.4. The van der Waals surface area contributed by atoms with Crippen molar-refractivity contribution >= 4 is 11.4 Å². The average molecular weight is 305 g/mol. The van der Waals surface area contributed by atoms with Crippen LogP contribution in [0.5, 0.6) is 0 Å². The molecule has 0 aliphatic heterocycles. The monoisotopic (exact) mass is 305 g/mol. The van der Waals surface area contributed by atoms with Crippen LogP contribution in [0.1, 0.15) is 11.7 Å². The molecule has 0 saturated carbocycles. The zero-order valence-electron chi connectivity index (χ0n) is 12.8. The van der Waals surface area contributed by atoms with Crippen LogP contribution in [0.3, 0.4) is 0 Å². The van der Waals surface area contributed by atoms with E-state index in [1.54, 1.807) is 0 Å². The number of nitrogens with one attached hydrogen (secondary N) is 2. The smallest absolute Gasteiger partial charge is 0.134 e. The number of rotatable bonds is 8. The summed E-state index contributed by atoms with van der Waals surface area (Å²) in [4.78, 5) is 0. The van der Waals surface area contributed by atoms with Crippen LogP contribution in [-0.2, 0) is 4.74 Å². The molecule has 0 bridgehead atoms. The lowest BCUT2D eigenvalue weighted by Gasteiger charge is -2.26. The Morgan fingerprint density at radius 3 is 2.35 bits per heavy atom. The van der Waals surface area contributed by atoms with Gasteiger partial charge >= 0.3 is 0 Å². The van der Waals surface area contributed by atoms with E-state index < -0.39 is 12.0 Å². The first-order valence-corrected chi connectivity index (χ1v) is 7.35. The molecule has 116 valence electrons. The molecule has 0 heterocycles. The maximum atomic E-state index is 9.18. The van der Waals surface area contributed by atoms with Crippen LogP contribution < -0.4 is 5.32 Å². The van der Waals surface area contributed by atoms with Crippen molar-refractivity contribution in [2.75, 3.05) is 11.9 Å². The van der Waals surface area contributed by atoms with Crippen molar-refractivity contribution < 1.29 is 4.74 Å². The van der Waals surface area contributed by atoms with E-state index >= 15 is 0 Å². The Morgan fingerprint density at radius 1 is 1.17 bits per heavy atom. The summed E-state index contributed by atoms with van der Waals surface area (Å²) >= 11 is 0. The summed E-state index contributed by atoms with van der Waals surface area (Å²) in [5.74, 6) is -0.416. The molecule has 0 aliphatic carbocycles. The Morgan fingerprint density at radius 2 is 1.78 bits per heavy atom. The molecule has 0 amide bonds. The number of nitrogens with zero attached hydrogens (tertiary/aromatic N) is 1. The minimum atomic E-state index is -0.433. The third-order valence-corrected chi connectivity index (χ3v) is 3.53. The summed E-state index contributed by atoms with van der Waals surface area (Å²) in [6, 6.07) is 21.2. The highest BCUT2D eigenvalue weighted by atomic mass is 16.5. The van der Waals surface area contributed by atoms with Crippen LogP contribution in [0.15, 0.2) is 73.5 Å². The van der Waals surface area contributed by atoms with Crippen molar-refractivity contribution in [2.24, 2.45) is 5.92 Å². The number of nitriles is 1. The molecule has 0 aromatic heterocycles. The molecule has 2 aromatic rings. The third-order valence-electron chi connectivity index (χ3n) is 3.53. The summed E-state index contributed by atoms with van der Waals surface area (Å²) in [7, 11) is 0. The van der Waals surface area contributed by atoms with Crippen molar-refractivity contribution in [1.29, 1.82) is 10.7 Å². The van der Waals surface area contributed by atoms with E-state index in [9.17, 15) is 5.26 Å². The van der Waals surface area contributed by atoms with E-state index in [-0.39, 0.29) is 5.71 Å². The van der Waals surface area contributed by atoms with Crippen molar-refractivity contribution in [3.05, 3.63) is 79.1 Å². The first-order chi connectivity index (χ1) is 11.3. The van der Waals surface area contributed by atoms with Crippen LogP contribution in [0.2, 0.25) is 0 Å². The lowest BCUT2D eigenvalue weighted by molar-refractivity contribution is 0.118. The van der Waals surface area contributed by atoms with Gasteiger partial charge in [0.2, 0.25) is 0 Å². The van der Waals surface area contributed by atoms with Gasteiger partial charge in [0.25, 0.3) is 0 Å². The molecule has 2 aromatic carbocycles. The number of benzene rings is 2. The van der Waals surface area contributed by atoms with Gasteiger partial charge in [-0.25, -0.2) is 0 Å². The SMILES string of the molecule is C=COC(c1ccccc1)C(CNc1ccccc1)C(=N)C#N. The van der Waals surface area contributed by atoms with E-state index in [0.717, 1.165) is 11.3 Å².